The van der Waals surface area contributed by atoms with Crippen molar-refractivity contribution in [2.75, 3.05) is 6.54 Å². The molecule has 0 rings (SSSR count). The summed E-state index contributed by atoms with van der Waals surface area (Å²) in [7, 11) is 0. The zero-order valence-corrected chi connectivity index (χ0v) is 14.2. The molecule has 0 bridgehead atoms. The summed E-state index contributed by atoms with van der Waals surface area (Å²) in [5.41, 5.74) is 7.53. The van der Waals surface area contributed by atoms with Crippen molar-refractivity contribution in [2.45, 2.75) is 84.7 Å². The van der Waals surface area contributed by atoms with E-state index in [1.54, 1.807) is 0 Å². The lowest BCUT2D eigenvalue weighted by Gasteiger charge is -2.37. The highest BCUT2D eigenvalue weighted by Gasteiger charge is 2.21. The fraction of sp³-hybridized carbons (Fsp3) is 0.778. The van der Waals surface area contributed by atoms with Gasteiger partial charge in [-0.2, -0.15) is 0 Å². The Morgan fingerprint density at radius 1 is 1.20 bits per heavy atom. The van der Waals surface area contributed by atoms with Crippen LogP contribution < -0.4 is 5.73 Å². The van der Waals surface area contributed by atoms with Gasteiger partial charge in [-0.3, -0.25) is 0 Å². The molecule has 0 fully saturated rings. The lowest BCUT2D eigenvalue weighted by molar-refractivity contribution is 0.210. The molecule has 0 aliphatic rings. The van der Waals surface area contributed by atoms with Crippen molar-refractivity contribution in [1.82, 2.24) is 4.90 Å². The topological polar surface area (TPSA) is 29.3 Å². The Morgan fingerprint density at radius 2 is 1.85 bits per heavy atom. The fourth-order valence-electron chi connectivity index (χ4n) is 2.73. The van der Waals surface area contributed by atoms with Crippen LogP contribution in [0.3, 0.4) is 0 Å². The van der Waals surface area contributed by atoms with Crippen LogP contribution in [-0.2, 0) is 0 Å². The molecule has 0 saturated heterocycles. The third-order valence-corrected chi connectivity index (χ3v) is 3.95. The standard InChI is InChI=1S/C18H36N2/c1-6-9-11-12-13-15-20(16(4)5)18(8-3)17(19)14-10-7-2/h7,10,17-18H,4,6,8-9,11-15,19H2,1-3,5H3. The Hall–Kier alpha value is -0.760. The monoisotopic (exact) mass is 280 g/mol. The number of hydrogen-bond acceptors (Lipinski definition) is 2. The molecule has 2 atom stereocenters. The smallest absolute Gasteiger partial charge is 0.0438 e. The van der Waals surface area contributed by atoms with Gasteiger partial charge in [0.1, 0.15) is 0 Å². The van der Waals surface area contributed by atoms with Gasteiger partial charge in [0.05, 0.1) is 0 Å². The molecule has 0 aliphatic carbocycles. The van der Waals surface area contributed by atoms with E-state index in [0.29, 0.717) is 6.04 Å². The van der Waals surface area contributed by atoms with Gasteiger partial charge in [-0.1, -0.05) is 58.3 Å². The van der Waals surface area contributed by atoms with Gasteiger partial charge < -0.3 is 10.6 Å². The van der Waals surface area contributed by atoms with E-state index in [0.717, 1.165) is 25.1 Å². The van der Waals surface area contributed by atoms with Crippen molar-refractivity contribution in [2.24, 2.45) is 5.73 Å². The highest BCUT2D eigenvalue weighted by molar-refractivity contribution is 4.98. The predicted molar refractivity (Wildman–Crippen MR) is 91.8 cm³/mol. The third-order valence-electron chi connectivity index (χ3n) is 3.95. The van der Waals surface area contributed by atoms with E-state index in [1.807, 2.05) is 0 Å². The molecule has 0 heterocycles. The molecule has 2 unspecified atom stereocenters. The van der Waals surface area contributed by atoms with Crippen LogP contribution in [-0.4, -0.2) is 23.5 Å². The van der Waals surface area contributed by atoms with E-state index >= 15 is 0 Å². The summed E-state index contributed by atoms with van der Waals surface area (Å²) in [6.07, 6.45) is 12.9. The van der Waals surface area contributed by atoms with Gasteiger partial charge in [0.15, 0.2) is 0 Å². The van der Waals surface area contributed by atoms with Crippen LogP contribution in [0.15, 0.2) is 24.4 Å². The highest BCUT2D eigenvalue weighted by atomic mass is 15.2. The second-order valence-corrected chi connectivity index (χ2v) is 5.79. The molecular weight excluding hydrogens is 244 g/mol. The summed E-state index contributed by atoms with van der Waals surface area (Å²) in [5.74, 6) is 0. The van der Waals surface area contributed by atoms with Crippen molar-refractivity contribution in [3.63, 3.8) is 0 Å². The molecule has 0 aromatic rings. The number of nitrogens with two attached hydrogens (primary N) is 1. The lowest BCUT2D eigenvalue weighted by atomic mass is 10.00. The van der Waals surface area contributed by atoms with E-state index in [9.17, 15) is 0 Å². The lowest BCUT2D eigenvalue weighted by Crippen LogP contribution is -2.46. The molecule has 0 saturated carbocycles. The van der Waals surface area contributed by atoms with E-state index in [-0.39, 0.29) is 6.04 Å². The number of unbranched alkanes of at least 4 members (excludes halogenated alkanes) is 4. The summed E-state index contributed by atoms with van der Waals surface area (Å²) in [6.45, 7) is 13.9. The highest BCUT2D eigenvalue weighted by Crippen LogP contribution is 2.17. The summed E-state index contributed by atoms with van der Waals surface area (Å²) >= 11 is 0. The van der Waals surface area contributed by atoms with Gasteiger partial charge in [-0.05, 0) is 33.1 Å². The maximum atomic E-state index is 6.37. The minimum atomic E-state index is 0.198. The third kappa shape index (κ3) is 7.74. The molecule has 20 heavy (non-hydrogen) atoms. The number of rotatable bonds is 12. The zero-order chi connectivity index (χ0) is 15.4. The van der Waals surface area contributed by atoms with Crippen LogP contribution in [0.5, 0.6) is 0 Å². The number of allylic oxidation sites excluding steroid dienone is 2. The maximum absolute atomic E-state index is 6.37. The Bertz CT molecular complexity index is 271. The molecule has 0 aromatic carbocycles. The molecule has 0 spiro atoms. The molecule has 0 aromatic heterocycles. The average Bonchev–Trinajstić information content (AvgIpc) is 2.43. The number of nitrogens with zero attached hydrogens (tertiary/aromatic N) is 1. The summed E-state index contributed by atoms with van der Waals surface area (Å²) in [5, 5.41) is 0. The van der Waals surface area contributed by atoms with E-state index in [2.05, 4.69) is 51.3 Å². The Balaban J connectivity index is 4.40. The first kappa shape index (κ1) is 19.2. The molecule has 2 N–H and O–H groups in total. The second kappa shape index (κ2) is 12.0. The zero-order valence-electron chi connectivity index (χ0n) is 14.2. The predicted octanol–water partition coefficient (Wildman–Crippen LogP) is 4.86. The van der Waals surface area contributed by atoms with Crippen LogP contribution in [0.2, 0.25) is 0 Å². The van der Waals surface area contributed by atoms with Crippen molar-refractivity contribution < 1.29 is 0 Å². The average molecular weight is 280 g/mol. The minimum Gasteiger partial charge on any atom is -0.371 e. The first-order valence-electron chi connectivity index (χ1n) is 8.37. The van der Waals surface area contributed by atoms with Gasteiger partial charge in [0.25, 0.3) is 0 Å². The second-order valence-electron chi connectivity index (χ2n) is 5.79. The summed E-state index contributed by atoms with van der Waals surface area (Å²) in [6, 6.07) is 0.610. The quantitative estimate of drug-likeness (QED) is 0.408. The number of hydrogen-bond donors (Lipinski definition) is 1. The van der Waals surface area contributed by atoms with Crippen LogP contribution in [0.25, 0.3) is 0 Å². The van der Waals surface area contributed by atoms with Crippen molar-refractivity contribution >= 4 is 0 Å². The molecule has 2 heteroatoms. The minimum absolute atomic E-state index is 0.198. The Kier molecular flexibility index (Phi) is 11.6. The van der Waals surface area contributed by atoms with Crippen molar-refractivity contribution in [1.29, 1.82) is 0 Å². The molecule has 0 radical (unpaired) electrons. The Labute approximate surface area is 127 Å². The van der Waals surface area contributed by atoms with Gasteiger partial charge >= 0.3 is 0 Å². The molecular formula is C18H36N2. The van der Waals surface area contributed by atoms with E-state index < -0.39 is 0 Å². The fourth-order valence-corrected chi connectivity index (χ4v) is 2.73. The Morgan fingerprint density at radius 3 is 2.35 bits per heavy atom. The molecule has 118 valence electrons. The van der Waals surface area contributed by atoms with Crippen LogP contribution >= 0.6 is 0 Å². The van der Waals surface area contributed by atoms with Crippen LogP contribution in [0, 0.1) is 0 Å². The van der Waals surface area contributed by atoms with Crippen LogP contribution in [0.4, 0.5) is 0 Å². The summed E-state index contributed by atoms with van der Waals surface area (Å²) < 4.78 is 0. The van der Waals surface area contributed by atoms with Gasteiger partial charge in [-0.15, -0.1) is 0 Å². The van der Waals surface area contributed by atoms with Crippen molar-refractivity contribution in [3.05, 3.63) is 24.4 Å². The normalized spacial score (nSPS) is 14.4. The van der Waals surface area contributed by atoms with Crippen molar-refractivity contribution in [3.8, 4) is 0 Å². The SMILES string of the molecule is C=C(C)N(CCCCCCC)C(CC)C(N)CC=CC. The molecule has 0 aliphatic heterocycles. The van der Waals surface area contributed by atoms with E-state index in [1.165, 1.54) is 32.1 Å². The van der Waals surface area contributed by atoms with Crippen LogP contribution in [0.1, 0.15) is 72.6 Å². The first-order valence-corrected chi connectivity index (χ1v) is 8.37. The largest absolute Gasteiger partial charge is 0.371 e. The molecule has 2 nitrogen and oxygen atoms in total. The first-order chi connectivity index (χ1) is 9.58. The van der Waals surface area contributed by atoms with E-state index in [4.69, 9.17) is 5.73 Å². The molecule has 0 amide bonds. The van der Waals surface area contributed by atoms with Gasteiger partial charge in [-0.25, -0.2) is 0 Å². The summed E-state index contributed by atoms with van der Waals surface area (Å²) in [4.78, 5) is 2.43. The van der Waals surface area contributed by atoms with Gasteiger partial charge in [0, 0.05) is 24.3 Å². The maximum Gasteiger partial charge on any atom is 0.0438 e. The van der Waals surface area contributed by atoms with Gasteiger partial charge in [0.2, 0.25) is 0 Å².